The number of carboxylic acid groups (broad SMARTS) is 1. The van der Waals surface area contributed by atoms with Crippen LogP contribution in [0.1, 0.15) is 32.7 Å². The lowest BCUT2D eigenvalue weighted by atomic mass is 9.99. The number of carbonyl (C=O) groups is 3. The van der Waals surface area contributed by atoms with Crippen LogP contribution in [-0.4, -0.2) is 40.9 Å². The summed E-state index contributed by atoms with van der Waals surface area (Å²) in [5, 5.41) is 12.5. The number of anilines is 1. The minimum atomic E-state index is -0.878. The largest absolute Gasteiger partial charge is 0.481 e. The molecule has 0 bridgehead atoms. The smallest absolute Gasteiger partial charge is 0.308 e. The fourth-order valence-electron chi connectivity index (χ4n) is 2.93. The van der Waals surface area contributed by atoms with Gasteiger partial charge in [0.1, 0.15) is 0 Å². The Morgan fingerprint density at radius 3 is 2.72 bits per heavy atom. The van der Waals surface area contributed by atoms with E-state index in [1.165, 1.54) is 17.6 Å². The van der Waals surface area contributed by atoms with Gasteiger partial charge in [-0.3, -0.25) is 14.4 Å². The van der Waals surface area contributed by atoms with Crippen LogP contribution in [0.3, 0.4) is 0 Å². The molecule has 0 radical (unpaired) electrons. The fourth-order valence-corrected chi connectivity index (χ4v) is 3.97. The summed E-state index contributed by atoms with van der Waals surface area (Å²) >= 11 is 1.18. The lowest BCUT2D eigenvalue weighted by molar-refractivity contribution is -0.142. The quantitative estimate of drug-likeness (QED) is 0.871. The summed E-state index contributed by atoms with van der Waals surface area (Å²) in [6, 6.07) is 4.91. The molecule has 2 aromatic heterocycles. The van der Waals surface area contributed by atoms with Gasteiger partial charge in [-0.2, -0.15) is 0 Å². The van der Waals surface area contributed by atoms with E-state index in [9.17, 15) is 19.5 Å². The average molecular weight is 362 g/mol. The lowest BCUT2D eigenvalue weighted by Gasteiger charge is -2.15. The Hall–Kier alpha value is -2.61. The van der Waals surface area contributed by atoms with Crippen LogP contribution in [0.5, 0.6) is 0 Å². The van der Waals surface area contributed by atoms with Gasteiger partial charge in [-0.1, -0.05) is 6.92 Å². The van der Waals surface area contributed by atoms with Crippen molar-refractivity contribution in [1.29, 1.82) is 0 Å². The summed E-state index contributed by atoms with van der Waals surface area (Å²) in [5.41, 5.74) is 0.746. The van der Waals surface area contributed by atoms with E-state index in [0.29, 0.717) is 16.4 Å². The summed E-state index contributed by atoms with van der Waals surface area (Å²) in [6.45, 7) is 4.25. The Morgan fingerprint density at radius 1 is 1.36 bits per heavy atom. The predicted octanol–water partition coefficient (Wildman–Crippen LogP) is 2.69. The first kappa shape index (κ1) is 17.2. The zero-order chi connectivity index (χ0) is 18.1. The number of amides is 2. The standard InChI is InChI=1S/C17H18N2O5S/c1-9-6-13(18-15(20)12-4-3-5-24-12)25-14(9)16(21)19-7-10(2)11(8-19)17(22)23/h3-6,10-11H,7-8H2,1-2H3,(H,18,20)(H,22,23)/t10-,11-/m1/s1. The summed E-state index contributed by atoms with van der Waals surface area (Å²) in [4.78, 5) is 38.1. The number of likely N-dealkylation sites (tertiary alicyclic amines) is 1. The van der Waals surface area contributed by atoms with Gasteiger partial charge in [0, 0.05) is 13.1 Å². The maximum absolute atomic E-state index is 12.7. The molecule has 2 atom stereocenters. The SMILES string of the molecule is Cc1cc(NC(=O)c2ccco2)sc1C(=O)N1C[C@@H](C)[C@H](C(=O)O)C1. The predicted molar refractivity (Wildman–Crippen MR) is 91.9 cm³/mol. The minimum Gasteiger partial charge on any atom is -0.481 e. The van der Waals surface area contributed by atoms with E-state index < -0.39 is 11.9 Å². The number of hydrogen-bond donors (Lipinski definition) is 2. The topological polar surface area (TPSA) is 99.9 Å². The highest BCUT2D eigenvalue weighted by molar-refractivity contribution is 7.18. The van der Waals surface area contributed by atoms with Crippen molar-refractivity contribution in [3.63, 3.8) is 0 Å². The van der Waals surface area contributed by atoms with Gasteiger partial charge in [0.05, 0.1) is 22.1 Å². The fraction of sp³-hybridized carbons (Fsp3) is 0.353. The third-order valence-corrected chi connectivity index (χ3v) is 5.45. The third kappa shape index (κ3) is 3.43. The molecule has 0 saturated carbocycles. The van der Waals surface area contributed by atoms with E-state index in [-0.39, 0.29) is 30.0 Å². The molecule has 25 heavy (non-hydrogen) atoms. The molecule has 0 spiro atoms. The Bertz CT molecular complexity index is 811. The van der Waals surface area contributed by atoms with Crippen LogP contribution >= 0.6 is 11.3 Å². The molecule has 3 rings (SSSR count). The molecular formula is C17H18N2O5S. The average Bonchev–Trinajstić information content (AvgIpc) is 3.26. The van der Waals surface area contributed by atoms with Crippen LogP contribution in [-0.2, 0) is 4.79 Å². The zero-order valence-corrected chi connectivity index (χ0v) is 14.6. The zero-order valence-electron chi connectivity index (χ0n) is 13.8. The van der Waals surface area contributed by atoms with Gasteiger partial charge in [-0.05, 0) is 36.6 Å². The number of rotatable bonds is 4. The van der Waals surface area contributed by atoms with Crippen LogP contribution < -0.4 is 5.32 Å². The maximum Gasteiger partial charge on any atom is 0.308 e. The van der Waals surface area contributed by atoms with Gasteiger partial charge < -0.3 is 19.7 Å². The van der Waals surface area contributed by atoms with Crippen molar-refractivity contribution in [2.24, 2.45) is 11.8 Å². The van der Waals surface area contributed by atoms with E-state index in [2.05, 4.69) is 5.32 Å². The first-order chi connectivity index (χ1) is 11.9. The first-order valence-corrected chi connectivity index (χ1v) is 8.66. The number of nitrogens with one attached hydrogen (secondary N) is 1. The normalized spacial score (nSPS) is 19.8. The number of thiophene rings is 1. The van der Waals surface area contributed by atoms with Crippen LogP contribution in [0.4, 0.5) is 5.00 Å². The summed E-state index contributed by atoms with van der Waals surface area (Å²) in [5.74, 6) is -1.89. The van der Waals surface area contributed by atoms with Crippen LogP contribution in [0.15, 0.2) is 28.9 Å². The second-order valence-electron chi connectivity index (χ2n) is 6.19. The number of nitrogens with zero attached hydrogens (tertiary/aromatic N) is 1. The molecule has 132 valence electrons. The summed E-state index contributed by atoms with van der Waals surface area (Å²) in [6.07, 6.45) is 1.41. The highest BCUT2D eigenvalue weighted by Gasteiger charge is 2.38. The molecule has 1 aliphatic heterocycles. The number of aliphatic carboxylic acids is 1. The molecule has 1 fully saturated rings. The van der Waals surface area contributed by atoms with Crippen LogP contribution in [0.25, 0.3) is 0 Å². The Kier molecular flexibility index (Phi) is 4.63. The van der Waals surface area contributed by atoms with Crippen molar-refractivity contribution in [1.82, 2.24) is 4.90 Å². The number of carbonyl (C=O) groups excluding carboxylic acids is 2. The number of aryl methyl sites for hydroxylation is 1. The molecule has 1 aliphatic rings. The van der Waals surface area contributed by atoms with Gasteiger partial charge in [-0.25, -0.2) is 0 Å². The van der Waals surface area contributed by atoms with Crippen molar-refractivity contribution in [2.45, 2.75) is 13.8 Å². The van der Waals surface area contributed by atoms with Crippen molar-refractivity contribution in [3.05, 3.63) is 40.7 Å². The number of carboxylic acids is 1. The van der Waals surface area contributed by atoms with Gasteiger partial charge in [0.15, 0.2) is 5.76 Å². The molecule has 2 N–H and O–H groups in total. The van der Waals surface area contributed by atoms with Crippen LogP contribution in [0.2, 0.25) is 0 Å². The monoisotopic (exact) mass is 362 g/mol. The highest BCUT2D eigenvalue weighted by atomic mass is 32.1. The Morgan fingerprint density at radius 2 is 2.12 bits per heavy atom. The second kappa shape index (κ2) is 6.72. The number of furan rings is 1. The Labute approximate surface area is 148 Å². The molecular weight excluding hydrogens is 344 g/mol. The molecule has 0 aromatic carbocycles. The first-order valence-electron chi connectivity index (χ1n) is 7.84. The molecule has 1 saturated heterocycles. The van der Waals surface area contributed by atoms with Gasteiger partial charge in [-0.15, -0.1) is 11.3 Å². The number of hydrogen-bond acceptors (Lipinski definition) is 5. The van der Waals surface area contributed by atoms with Crippen molar-refractivity contribution < 1.29 is 23.9 Å². The van der Waals surface area contributed by atoms with Crippen LogP contribution in [0, 0.1) is 18.8 Å². The van der Waals surface area contributed by atoms with Crippen molar-refractivity contribution in [2.75, 3.05) is 18.4 Å². The second-order valence-corrected chi connectivity index (χ2v) is 7.24. The minimum absolute atomic E-state index is 0.0835. The highest BCUT2D eigenvalue weighted by Crippen LogP contribution is 2.31. The molecule has 0 aliphatic carbocycles. The van der Waals surface area contributed by atoms with Crippen molar-refractivity contribution in [3.8, 4) is 0 Å². The third-order valence-electron chi connectivity index (χ3n) is 4.31. The molecule has 2 aromatic rings. The molecule has 8 heteroatoms. The van der Waals surface area contributed by atoms with E-state index in [1.807, 2.05) is 6.92 Å². The van der Waals surface area contributed by atoms with E-state index in [4.69, 9.17) is 4.42 Å². The van der Waals surface area contributed by atoms with E-state index >= 15 is 0 Å². The Balaban J connectivity index is 1.73. The molecule has 3 heterocycles. The summed E-state index contributed by atoms with van der Waals surface area (Å²) in [7, 11) is 0. The van der Waals surface area contributed by atoms with Gasteiger partial charge >= 0.3 is 5.97 Å². The summed E-state index contributed by atoms with van der Waals surface area (Å²) < 4.78 is 5.04. The van der Waals surface area contributed by atoms with E-state index in [0.717, 1.165) is 5.56 Å². The lowest BCUT2D eigenvalue weighted by Crippen LogP contribution is -2.29. The maximum atomic E-state index is 12.7. The van der Waals surface area contributed by atoms with Gasteiger partial charge in [0.2, 0.25) is 0 Å². The molecule has 7 nitrogen and oxygen atoms in total. The molecule has 0 unspecified atom stereocenters. The molecule has 2 amide bonds. The van der Waals surface area contributed by atoms with Gasteiger partial charge in [0.25, 0.3) is 11.8 Å². The van der Waals surface area contributed by atoms with Crippen molar-refractivity contribution >= 4 is 34.1 Å². The van der Waals surface area contributed by atoms with E-state index in [1.54, 1.807) is 30.0 Å².